The van der Waals surface area contributed by atoms with Crippen LogP contribution in [0.1, 0.15) is 29.6 Å². The van der Waals surface area contributed by atoms with E-state index in [1.165, 1.54) is 29.4 Å². The Bertz CT molecular complexity index is 1130. The maximum atomic E-state index is 13.4. The van der Waals surface area contributed by atoms with Gasteiger partial charge in [-0.2, -0.15) is 0 Å². The fourth-order valence-electron chi connectivity index (χ4n) is 3.94. The highest BCUT2D eigenvalue weighted by atomic mass is 32.2. The van der Waals surface area contributed by atoms with Gasteiger partial charge in [0.25, 0.3) is 11.6 Å². The number of aryl methyl sites for hydroxylation is 1. The van der Waals surface area contributed by atoms with Crippen molar-refractivity contribution in [2.24, 2.45) is 7.05 Å². The standard InChI is InChI=1S/C19H23N5O6S2/c1-22-12-20-21-19(22)31-17-5-4-13(9-16(17)24(26)27)18(25)23(10-15-3-2-7-30-15)14-6-8-32(28,29)11-14/h4-5,9,12,14-15H,2-3,6-8,10-11H2,1H3/t14-,15-/m1/s1. The Hall–Kier alpha value is -2.51. The lowest BCUT2D eigenvalue weighted by Gasteiger charge is -2.30. The van der Waals surface area contributed by atoms with E-state index in [-0.39, 0.29) is 35.4 Å². The molecule has 0 N–H and O–H groups in total. The van der Waals surface area contributed by atoms with E-state index in [2.05, 4.69) is 10.2 Å². The molecule has 3 heterocycles. The minimum atomic E-state index is -3.21. The van der Waals surface area contributed by atoms with E-state index < -0.39 is 26.7 Å². The molecular weight excluding hydrogens is 458 g/mol. The Labute approximate surface area is 189 Å². The summed E-state index contributed by atoms with van der Waals surface area (Å²) in [6.07, 6.45) is 3.35. The smallest absolute Gasteiger partial charge is 0.284 e. The molecule has 0 radical (unpaired) electrons. The van der Waals surface area contributed by atoms with E-state index in [0.717, 1.165) is 24.6 Å². The van der Waals surface area contributed by atoms with Gasteiger partial charge in [-0.1, -0.05) is 0 Å². The van der Waals surface area contributed by atoms with Crippen LogP contribution in [-0.2, 0) is 21.6 Å². The lowest BCUT2D eigenvalue weighted by Crippen LogP contribution is -2.45. The number of nitro benzene ring substituents is 1. The Morgan fingerprint density at radius 2 is 2.22 bits per heavy atom. The van der Waals surface area contributed by atoms with Gasteiger partial charge < -0.3 is 14.2 Å². The van der Waals surface area contributed by atoms with Gasteiger partial charge in [0, 0.05) is 37.9 Å². The predicted molar refractivity (Wildman–Crippen MR) is 115 cm³/mol. The molecule has 2 aliphatic heterocycles. The molecule has 32 heavy (non-hydrogen) atoms. The molecule has 0 unspecified atom stereocenters. The van der Waals surface area contributed by atoms with Crippen molar-refractivity contribution in [3.8, 4) is 0 Å². The fraction of sp³-hybridized carbons (Fsp3) is 0.526. The number of benzene rings is 1. The summed E-state index contributed by atoms with van der Waals surface area (Å²) in [5.41, 5.74) is -0.0822. The molecule has 4 rings (SSSR count). The van der Waals surface area contributed by atoms with Crippen LogP contribution in [0.3, 0.4) is 0 Å². The Morgan fingerprint density at radius 3 is 2.81 bits per heavy atom. The minimum absolute atomic E-state index is 0.0282. The van der Waals surface area contributed by atoms with Gasteiger partial charge in [0.05, 0.1) is 27.4 Å². The number of carbonyl (C=O) groups excluding carboxylic acids is 1. The van der Waals surface area contributed by atoms with Crippen molar-refractivity contribution >= 4 is 33.2 Å². The normalized spacial score (nSPS) is 22.2. The first kappa shape index (κ1) is 22.7. The first-order valence-corrected chi connectivity index (χ1v) is 12.8. The number of hydrogen-bond donors (Lipinski definition) is 0. The molecule has 172 valence electrons. The molecule has 1 aromatic carbocycles. The van der Waals surface area contributed by atoms with Crippen LogP contribution < -0.4 is 0 Å². The van der Waals surface area contributed by atoms with Crippen molar-refractivity contribution in [3.05, 3.63) is 40.2 Å². The number of hydrogen-bond acceptors (Lipinski definition) is 9. The van der Waals surface area contributed by atoms with Crippen LogP contribution >= 0.6 is 11.8 Å². The number of amides is 1. The topological polar surface area (TPSA) is 138 Å². The second kappa shape index (κ2) is 9.16. The summed E-state index contributed by atoms with van der Waals surface area (Å²) in [6, 6.07) is 3.82. The first-order valence-electron chi connectivity index (χ1n) is 10.2. The van der Waals surface area contributed by atoms with Crippen LogP contribution in [0, 0.1) is 10.1 Å². The number of carbonyl (C=O) groups is 1. The van der Waals surface area contributed by atoms with E-state index in [4.69, 9.17) is 4.74 Å². The maximum absolute atomic E-state index is 13.4. The first-order chi connectivity index (χ1) is 15.2. The van der Waals surface area contributed by atoms with Gasteiger partial charge in [-0.05, 0) is 43.2 Å². The van der Waals surface area contributed by atoms with Crippen molar-refractivity contribution in [1.82, 2.24) is 19.7 Å². The van der Waals surface area contributed by atoms with E-state index in [9.17, 15) is 23.3 Å². The van der Waals surface area contributed by atoms with Gasteiger partial charge in [0.15, 0.2) is 15.0 Å². The second-order valence-electron chi connectivity index (χ2n) is 7.92. The molecule has 0 saturated carbocycles. The molecule has 2 saturated heterocycles. The quantitative estimate of drug-likeness (QED) is 0.427. The van der Waals surface area contributed by atoms with Gasteiger partial charge in [0.2, 0.25) is 0 Å². The summed E-state index contributed by atoms with van der Waals surface area (Å²) in [7, 11) is -1.49. The van der Waals surface area contributed by atoms with Gasteiger partial charge in [-0.15, -0.1) is 10.2 Å². The van der Waals surface area contributed by atoms with Crippen LogP contribution in [0.25, 0.3) is 0 Å². The van der Waals surface area contributed by atoms with Crippen molar-refractivity contribution in [3.63, 3.8) is 0 Å². The minimum Gasteiger partial charge on any atom is -0.376 e. The summed E-state index contributed by atoms with van der Waals surface area (Å²) in [6.45, 7) is 0.872. The number of nitrogens with zero attached hydrogens (tertiary/aromatic N) is 5. The molecule has 0 aliphatic carbocycles. The summed E-state index contributed by atoms with van der Waals surface area (Å²) in [4.78, 5) is 26.4. The SMILES string of the molecule is Cn1cnnc1Sc1ccc(C(=O)N(C[C@H]2CCCO2)[C@@H]2CCS(=O)(=O)C2)cc1[N+](=O)[O-]. The van der Waals surface area contributed by atoms with E-state index in [1.807, 2.05) is 0 Å². The highest BCUT2D eigenvalue weighted by molar-refractivity contribution is 7.99. The summed E-state index contributed by atoms with van der Waals surface area (Å²) < 4.78 is 31.4. The Kier molecular flexibility index (Phi) is 6.49. The van der Waals surface area contributed by atoms with Crippen molar-refractivity contribution in [2.75, 3.05) is 24.7 Å². The van der Waals surface area contributed by atoms with Crippen molar-refractivity contribution in [2.45, 2.75) is 41.5 Å². The number of aromatic nitrogens is 3. The molecular formula is C19H23N5O6S2. The predicted octanol–water partition coefficient (Wildman–Crippen LogP) is 1.68. The molecule has 0 bridgehead atoms. The molecule has 2 fully saturated rings. The van der Waals surface area contributed by atoms with Crippen LogP contribution in [0.4, 0.5) is 5.69 Å². The zero-order valence-electron chi connectivity index (χ0n) is 17.4. The third-order valence-corrected chi connectivity index (χ3v) is 8.48. The second-order valence-corrected chi connectivity index (χ2v) is 11.2. The highest BCUT2D eigenvalue weighted by Crippen LogP contribution is 2.35. The van der Waals surface area contributed by atoms with Crippen LogP contribution in [0.2, 0.25) is 0 Å². The molecule has 2 atom stereocenters. The summed E-state index contributed by atoms with van der Waals surface area (Å²) >= 11 is 1.08. The molecule has 11 nitrogen and oxygen atoms in total. The highest BCUT2D eigenvalue weighted by Gasteiger charge is 2.37. The van der Waals surface area contributed by atoms with E-state index >= 15 is 0 Å². The zero-order valence-corrected chi connectivity index (χ0v) is 19.0. The van der Waals surface area contributed by atoms with Crippen LogP contribution in [0.5, 0.6) is 0 Å². The summed E-state index contributed by atoms with van der Waals surface area (Å²) in [5, 5.41) is 19.9. The van der Waals surface area contributed by atoms with Crippen LogP contribution in [0.15, 0.2) is 34.6 Å². The van der Waals surface area contributed by atoms with Gasteiger partial charge in [-0.25, -0.2) is 8.42 Å². The van der Waals surface area contributed by atoms with Crippen molar-refractivity contribution < 1.29 is 22.9 Å². The third kappa shape index (κ3) is 4.94. The largest absolute Gasteiger partial charge is 0.376 e. The van der Waals surface area contributed by atoms with Crippen LogP contribution in [-0.4, -0.2) is 75.7 Å². The Balaban J connectivity index is 1.63. The number of rotatable bonds is 7. The van der Waals surface area contributed by atoms with Gasteiger partial charge >= 0.3 is 0 Å². The lowest BCUT2D eigenvalue weighted by molar-refractivity contribution is -0.387. The van der Waals surface area contributed by atoms with E-state index in [0.29, 0.717) is 23.1 Å². The number of nitro groups is 1. The van der Waals surface area contributed by atoms with Crippen molar-refractivity contribution in [1.29, 1.82) is 0 Å². The van der Waals surface area contributed by atoms with E-state index in [1.54, 1.807) is 11.6 Å². The van der Waals surface area contributed by atoms with Gasteiger partial charge in [-0.3, -0.25) is 14.9 Å². The summed E-state index contributed by atoms with van der Waals surface area (Å²) in [5.74, 6) is -0.505. The number of ether oxygens (including phenoxy) is 1. The molecule has 0 spiro atoms. The van der Waals surface area contributed by atoms with Gasteiger partial charge in [0.1, 0.15) is 6.33 Å². The number of sulfone groups is 1. The molecule has 13 heteroatoms. The maximum Gasteiger partial charge on any atom is 0.284 e. The average molecular weight is 482 g/mol. The molecule has 1 amide bonds. The monoisotopic (exact) mass is 481 g/mol. The third-order valence-electron chi connectivity index (χ3n) is 5.61. The average Bonchev–Trinajstić information content (AvgIpc) is 3.48. The lowest BCUT2D eigenvalue weighted by atomic mass is 10.1. The fourth-order valence-corrected chi connectivity index (χ4v) is 6.52. The molecule has 1 aromatic heterocycles. The Morgan fingerprint density at radius 1 is 1.41 bits per heavy atom. The molecule has 2 aromatic rings. The molecule has 2 aliphatic rings. The zero-order chi connectivity index (χ0) is 22.9.